The third-order valence-corrected chi connectivity index (χ3v) is 4.18. The first-order valence-corrected chi connectivity index (χ1v) is 7.87. The van der Waals surface area contributed by atoms with E-state index in [-0.39, 0.29) is 18.3 Å². The van der Waals surface area contributed by atoms with Crippen molar-refractivity contribution in [3.8, 4) is 0 Å². The summed E-state index contributed by atoms with van der Waals surface area (Å²) in [6.07, 6.45) is 0.107. The monoisotopic (exact) mass is 312 g/mol. The highest BCUT2D eigenvalue weighted by Crippen LogP contribution is 2.23. The smallest absolute Gasteiger partial charge is 0.323 e. The Hall–Kier alpha value is -2.40. The first-order chi connectivity index (χ1) is 11.2. The van der Waals surface area contributed by atoms with Gasteiger partial charge in [0.25, 0.3) is 0 Å². The second-order valence-electron chi connectivity index (χ2n) is 5.59. The van der Waals surface area contributed by atoms with Crippen LogP contribution >= 0.6 is 0 Å². The van der Waals surface area contributed by atoms with Gasteiger partial charge in [-0.1, -0.05) is 43.3 Å². The summed E-state index contributed by atoms with van der Waals surface area (Å²) in [5.74, 6) is -0.491. The zero-order valence-electron chi connectivity index (χ0n) is 13.1. The predicted molar refractivity (Wildman–Crippen MR) is 89.2 cm³/mol. The summed E-state index contributed by atoms with van der Waals surface area (Å²) in [5.41, 5.74) is 0.764. The number of likely N-dealkylation sites (N-methyl/N-ethyl adjacent to an activating group) is 1. The fraction of sp³-hybridized carbons (Fsp3) is 0.333. The number of rotatable bonds is 4. The molecule has 1 saturated heterocycles. The van der Waals surface area contributed by atoms with Crippen molar-refractivity contribution in [2.75, 3.05) is 25.0 Å². The van der Waals surface area contributed by atoms with E-state index >= 15 is 0 Å². The van der Waals surface area contributed by atoms with Gasteiger partial charge in [-0.25, -0.2) is 0 Å². The highest BCUT2D eigenvalue weighted by atomic mass is 16.5. The lowest BCUT2D eigenvalue weighted by molar-refractivity contribution is -0.158. The third kappa shape index (κ3) is 3.35. The molecular formula is C18H20N2O3. The first-order valence-electron chi connectivity index (χ1n) is 7.87. The van der Waals surface area contributed by atoms with E-state index in [1.165, 1.54) is 0 Å². The Morgan fingerprint density at radius 1 is 1.26 bits per heavy atom. The van der Waals surface area contributed by atoms with E-state index in [4.69, 9.17) is 4.74 Å². The number of morpholine rings is 1. The maximum atomic E-state index is 12.4. The fourth-order valence-electron chi connectivity index (χ4n) is 2.97. The lowest BCUT2D eigenvalue weighted by atomic mass is 10.1. The molecule has 2 aromatic rings. The number of nitrogens with one attached hydrogen (secondary N) is 1. The lowest BCUT2D eigenvalue weighted by Gasteiger charge is -2.32. The van der Waals surface area contributed by atoms with Crippen molar-refractivity contribution >= 4 is 28.3 Å². The summed E-state index contributed by atoms with van der Waals surface area (Å²) in [6.45, 7) is 3.78. The van der Waals surface area contributed by atoms with Gasteiger partial charge in [0, 0.05) is 17.6 Å². The minimum Gasteiger partial charge on any atom is -0.463 e. The van der Waals surface area contributed by atoms with E-state index in [1.54, 1.807) is 0 Å². The van der Waals surface area contributed by atoms with Crippen LogP contribution in [0.2, 0.25) is 0 Å². The van der Waals surface area contributed by atoms with Gasteiger partial charge in [0.1, 0.15) is 12.6 Å². The number of amides is 1. The molecule has 5 heteroatoms. The standard InChI is InChI=1S/C18H20N2O3/c1-2-20-10-11-23-18(22)16(20)12-17(21)19-15-9-5-7-13-6-3-4-8-14(13)15/h3-9,16H,2,10-12H2,1H3,(H,19,21). The highest BCUT2D eigenvalue weighted by Gasteiger charge is 2.32. The number of nitrogens with zero attached hydrogens (tertiary/aromatic N) is 1. The molecule has 0 saturated carbocycles. The second-order valence-corrected chi connectivity index (χ2v) is 5.59. The van der Waals surface area contributed by atoms with Crippen molar-refractivity contribution in [2.45, 2.75) is 19.4 Å². The van der Waals surface area contributed by atoms with Crippen LogP contribution in [0.4, 0.5) is 5.69 Å². The number of ether oxygens (including phenoxy) is 1. The summed E-state index contributed by atoms with van der Waals surface area (Å²) in [4.78, 5) is 26.3. The van der Waals surface area contributed by atoms with E-state index in [0.717, 1.165) is 23.0 Å². The van der Waals surface area contributed by atoms with Crippen LogP contribution in [-0.2, 0) is 14.3 Å². The Morgan fingerprint density at radius 3 is 2.87 bits per heavy atom. The van der Waals surface area contributed by atoms with Gasteiger partial charge < -0.3 is 10.1 Å². The number of fused-ring (bicyclic) bond motifs is 1. The number of esters is 1. The Morgan fingerprint density at radius 2 is 2.04 bits per heavy atom. The van der Waals surface area contributed by atoms with Crippen LogP contribution in [0.15, 0.2) is 42.5 Å². The molecule has 1 unspecified atom stereocenters. The van der Waals surface area contributed by atoms with Gasteiger partial charge in [-0.05, 0) is 18.0 Å². The molecule has 2 aromatic carbocycles. The summed E-state index contributed by atoms with van der Waals surface area (Å²) in [5, 5.41) is 4.98. The van der Waals surface area contributed by atoms with Crippen molar-refractivity contribution in [3.63, 3.8) is 0 Å². The van der Waals surface area contributed by atoms with E-state index < -0.39 is 6.04 Å². The minimum atomic E-state index is -0.497. The van der Waals surface area contributed by atoms with Gasteiger partial charge in [0.15, 0.2) is 0 Å². The largest absolute Gasteiger partial charge is 0.463 e. The maximum absolute atomic E-state index is 12.4. The van der Waals surface area contributed by atoms with Crippen LogP contribution in [0.3, 0.4) is 0 Å². The highest BCUT2D eigenvalue weighted by molar-refractivity contribution is 6.03. The van der Waals surface area contributed by atoms with Crippen molar-refractivity contribution in [1.29, 1.82) is 0 Å². The maximum Gasteiger partial charge on any atom is 0.323 e. The van der Waals surface area contributed by atoms with Crippen LogP contribution in [0, 0.1) is 0 Å². The predicted octanol–water partition coefficient (Wildman–Crippen LogP) is 2.42. The minimum absolute atomic E-state index is 0.107. The van der Waals surface area contributed by atoms with E-state index in [1.807, 2.05) is 54.3 Å². The third-order valence-electron chi connectivity index (χ3n) is 4.18. The van der Waals surface area contributed by atoms with E-state index in [2.05, 4.69) is 5.32 Å². The van der Waals surface area contributed by atoms with Crippen molar-refractivity contribution < 1.29 is 14.3 Å². The Bertz CT molecular complexity index is 724. The van der Waals surface area contributed by atoms with E-state index in [0.29, 0.717) is 13.2 Å². The van der Waals surface area contributed by atoms with Gasteiger partial charge in [0.2, 0.25) is 5.91 Å². The topological polar surface area (TPSA) is 58.6 Å². The summed E-state index contributed by atoms with van der Waals surface area (Å²) < 4.78 is 5.08. The molecule has 5 nitrogen and oxygen atoms in total. The number of hydrogen-bond donors (Lipinski definition) is 1. The number of carbonyl (C=O) groups is 2. The van der Waals surface area contributed by atoms with Crippen LogP contribution in [-0.4, -0.2) is 42.5 Å². The molecule has 23 heavy (non-hydrogen) atoms. The molecule has 0 aliphatic carbocycles. The molecule has 1 heterocycles. The number of anilines is 1. The molecule has 0 aromatic heterocycles. The molecule has 3 rings (SSSR count). The zero-order chi connectivity index (χ0) is 16.2. The molecule has 1 aliphatic heterocycles. The van der Waals surface area contributed by atoms with Gasteiger partial charge in [-0.2, -0.15) is 0 Å². The lowest BCUT2D eigenvalue weighted by Crippen LogP contribution is -2.50. The Kier molecular flexibility index (Phi) is 4.57. The van der Waals surface area contributed by atoms with Crippen LogP contribution in [0.1, 0.15) is 13.3 Å². The summed E-state index contributed by atoms with van der Waals surface area (Å²) in [6, 6.07) is 13.2. The Labute approximate surface area is 135 Å². The molecule has 0 bridgehead atoms. The van der Waals surface area contributed by atoms with Crippen LogP contribution < -0.4 is 5.32 Å². The molecule has 1 fully saturated rings. The number of carbonyl (C=O) groups excluding carboxylic acids is 2. The Balaban J connectivity index is 1.74. The number of hydrogen-bond acceptors (Lipinski definition) is 4. The molecule has 1 N–H and O–H groups in total. The van der Waals surface area contributed by atoms with Gasteiger partial charge in [-0.15, -0.1) is 0 Å². The second kappa shape index (κ2) is 6.79. The molecule has 120 valence electrons. The quantitative estimate of drug-likeness (QED) is 0.881. The zero-order valence-corrected chi connectivity index (χ0v) is 13.1. The normalized spacial score (nSPS) is 18.7. The molecule has 0 spiro atoms. The SMILES string of the molecule is CCN1CCOC(=O)C1CC(=O)Nc1cccc2ccccc12. The fourth-order valence-corrected chi connectivity index (χ4v) is 2.97. The number of cyclic esters (lactones) is 1. The van der Waals surface area contributed by atoms with E-state index in [9.17, 15) is 9.59 Å². The van der Waals surface area contributed by atoms with Crippen LogP contribution in [0.5, 0.6) is 0 Å². The average molecular weight is 312 g/mol. The molecule has 1 aliphatic rings. The van der Waals surface area contributed by atoms with Crippen molar-refractivity contribution in [2.24, 2.45) is 0 Å². The molecule has 1 atom stereocenters. The van der Waals surface area contributed by atoms with Crippen molar-refractivity contribution in [3.05, 3.63) is 42.5 Å². The van der Waals surface area contributed by atoms with Crippen LogP contribution in [0.25, 0.3) is 10.8 Å². The van der Waals surface area contributed by atoms with Gasteiger partial charge in [0.05, 0.1) is 6.42 Å². The van der Waals surface area contributed by atoms with Crippen molar-refractivity contribution in [1.82, 2.24) is 4.90 Å². The first kappa shape index (κ1) is 15.5. The summed E-state index contributed by atoms with van der Waals surface area (Å²) in [7, 11) is 0. The average Bonchev–Trinajstić information content (AvgIpc) is 2.57. The molecule has 0 radical (unpaired) electrons. The summed E-state index contributed by atoms with van der Waals surface area (Å²) >= 11 is 0. The molecular weight excluding hydrogens is 292 g/mol. The number of benzene rings is 2. The van der Waals surface area contributed by atoms with Gasteiger partial charge in [-0.3, -0.25) is 14.5 Å². The molecule has 1 amide bonds. The van der Waals surface area contributed by atoms with Gasteiger partial charge >= 0.3 is 5.97 Å².